The zero-order chi connectivity index (χ0) is 12.3. The van der Waals surface area contributed by atoms with E-state index in [1.807, 2.05) is 0 Å². The van der Waals surface area contributed by atoms with Crippen LogP contribution in [0, 0.1) is 6.92 Å². The SMILES string of the molecule is C=Nc1cc(C(=O)OC)c(C)cc1C(=C)Cl. The molecule has 4 heteroatoms. The van der Waals surface area contributed by atoms with Crippen LogP contribution in [0.2, 0.25) is 0 Å². The average Bonchev–Trinajstić information content (AvgIpc) is 2.27. The van der Waals surface area contributed by atoms with Crippen molar-refractivity contribution in [2.45, 2.75) is 6.92 Å². The second-order valence-corrected chi connectivity index (χ2v) is 3.70. The standard InChI is InChI=1S/C12H12ClNO2/c1-7-5-10(8(2)13)11(14-3)6-9(7)12(15)16-4/h5-6H,2-3H2,1,4H3. The minimum absolute atomic E-state index is 0.363. The van der Waals surface area contributed by atoms with E-state index in [-0.39, 0.29) is 0 Å². The summed E-state index contributed by atoms with van der Waals surface area (Å²) < 4.78 is 4.66. The predicted molar refractivity (Wildman–Crippen MR) is 66.6 cm³/mol. The van der Waals surface area contributed by atoms with Gasteiger partial charge in [-0.2, -0.15) is 0 Å². The van der Waals surface area contributed by atoms with E-state index < -0.39 is 5.97 Å². The Hall–Kier alpha value is -1.61. The maximum Gasteiger partial charge on any atom is 0.338 e. The van der Waals surface area contributed by atoms with Gasteiger partial charge in [-0.1, -0.05) is 18.2 Å². The van der Waals surface area contributed by atoms with Crippen molar-refractivity contribution in [3.63, 3.8) is 0 Å². The molecule has 0 spiro atoms. The Bertz CT molecular complexity index is 466. The Morgan fingerprint density at radius 1 is 1.44 bits per heavy atom. The molecule has 0 aliphatic carbocycles. The number of nitrogens with zero attached hydrogens (tertiary/aromatic N) is 1. The molecule has 0 radical (unpaired) electrons. The molecule has 0 unspecified atom stereocenters. The Kier molecular flexibility index (Phi) is 3.85. The molecular weight excluding hydrogens is 226 g/mol. The number of ether oxygens (including phenoxy) is 1. The third kappa shape index (κ3) is 2.31. The molecule has 0 fully saturated rings. The maximum atomic E-state index is 11.4. The number of hydrogen-bond acceptors (Lipinski definition) is 3. The Morgan fingerprint density at radius 2 is 2.06 bits per heavy atom. The van der Waals surface area contributed by atoms with Crippen molar-refractivity contribution in [1.29, 1.82) is 0 Å². The minimum Gasteiger partial charge on any atom is -0.465 e. The lowest BCUT2D eigenvalue weighted by Gasteiger charge is -2.09. The van der Waals surface area contributed by atoms with Crippen LogP contribution in [0.4, 0.5) is 5.69 Å². The predicted octanol–water partition coefficient (Wildman–Crippen LogP) is 3.32. The molecule has 1 aromatic carbocycles. The molecule has 0 amide bonds. The highest BCUT2D eigenvalue weighted by Gasteiger charge is 2.13. The number of halogens is 1. The molecule has 0 heterocycles. The smallest absolute Gasteiger partial charge is 0.338 e. The van der Waals surface area contributed by atoms with Gasteiger partial charge in [0, 0.05) is 10.6 Å². The van der Waals surface area contributed by atoms with Crippen LogP contribution in [0.1, 0.15) is 21.5 Å². The number of esters is 1. The van der Waals surface area contributed by atoms with Gasteiger partial charge in [-0.05, 0) is 31.3 Å². The van der Waals surface area contributed by atoms with Crippen LogP contribution in [0.5, 0.6) is 0 Å². The second-order valence-electron chi connectivity index (χ2n) is 3.24. The van der Waals surface area contributed by atoms with E-state index in [1.165, 1.54) is 7.11 Å². The van der Waals surface area contributed by atoms with Crippen molar-refractivity contribution >= 4 is 35.0 Å². The number of aryl methyl sites for hydroxylation is 1. The molecule has 0 bridgehead atoms. The molecule has 0 aromatic heterocycles. The molecule has 0 saturated carbocycles. The lowest BCUT2D eigenvalue weighted by Crippen LogP contribution is -2.04. The first-order valence-electron chi connectivity index (χ1n) is 4.55. The molecule has 0 N–H and O–H groups in total. The van der Waals surface area contributed by atoms with Gasteiger partial charge in [0.25, 0.3) is 0 Å². The molecule has 0 aliphatic rings. The number of rotatable bonds is 3. The highest BCUT2D eigenvalue weighted by molar-refractivity contribution is 6.48. The van der Waals surface area contributed by atoms with E-state index in [1.54, 1.807) is 19.1 Å². The molecule has 84 valence electrons. The summed E-state index contributed by atoms with van der Waals surface area (Å²) in [6.07, 6.45) is 0. The molecule has 3 nitrogen and oxygen atoms in total. The van der Waals surface area contributed by atoms with E-state index in [4.69, 9.17) is 11.6 Å². The summed E-state index contributed by atoms with van der Waals surface area (Å²) >= 11 is 5.83. The van der Waals surface area contributed by atoms with E-state index in [0.717, 1.165) is 5.56 Å². The summed E-state index contributed by atoms with van der Waals surface area (Å²) in [5.74, 6) is -0.408. The van der Waals surface area contributed by atoms with Crippen molar-refractivity contribution < 1.29 is 9.53 Å². The summed E-state index contributed by atoms with van der Waals surface area (Å²) in [5.41, 5.74) is 2.40. The highest BCUT2D eigenvalue weighted by Crippen LogP contribution is 2.30. The van der Waals surface area contributed by atoms with Crippen LogP contribution < -0.4 is 0 Å². The number of carbonyl (C=O) groups excluding carboxylic acids is 1. The molecule has 0 saturated heterocycles. The summed E-state index contributed by atoms with van der Waals surface area (Å²) in [5, 5.41) is 0.363. The minimum atomic E-state index is -0.408. The van der Waals surface area contributed by atoms with Gasteiger partial charge in [0.15, 0.2) is 0 Å². The molecule has 1 aromatic rings. The van der Waals surface area contributed by atoms with Crippen LogP contribution >= 0.6 is 11.6 Å². The van der Waals surface area contributed by atoms with Crippen LogP contribution in [0.3, 0.4) is 0 Å². The Labute approximate surface area is 99.4 Å². The first kappa shape index (κ1) is 12.5. The van der Waals surface area contributed by atoms with E-state index in [0.29, 0.717) is 21.8 Å². The summed E-state index contributed by atoms with van der Waals surface area (Å²) in [6, 6.07) is 3.34. The zero-order valence-electron chi connectivity index (χ0n) is 9.21. The fourth-order valence-electron chi connectivity index (χ4n) is 1.37. The molecule has 0 atom stereocenters. The van der Waals surface area contributed by atoms with Crippen LogP contribution in [-0.4, -0.2) is 19.8 Å². The first-order valence-corrected chi connectivity index (χ1v) is 4.93. The van der Waals surface area contributed by atoms with Crippen LogP contribution in [0.25, 0.3) is 5.03 Å². The normalized spacial score (nSPS) is 9.69. The zero-order valence-corrected chi connectivity index (χ0v) is 9.97. The van der Waals surface area contributed by atoms with E-state index in [9.17, 15) is 4.79 Å². The fraction of sp³-hybridized carbons (Fsp3) is 0.167. The Morgan fingerprint density at radius 3 is 2.50 bits per heavy atom. The number of benzene rings is 1. The largest absolute Gasteiger partial charge is 0.465 e. The van der Waals surface area contributed by atoms with Crippen LogP contribution in [0.15, 0.2) is 23.7 Å². The molecular formula is C12H12ClNO2. The average molecular weight is 238 g/mol. The van der Waals surface area contributed by atoms with Gasteiger partial charge >= 0.3 is 5.97 Å². The topological polar surface area (TPSA) is 38.7 Å². The van der Waals surface area contributed by atoms with E-state index in [2.05, 4.69) is 23.0 Å². The van der Waals surface area contributed by atoms with Crippen molar-refractivity contribution in [3.05, 3.63) is 35.4 Å². The van der Waals surface area contributed by atoms with E-state index >= 15 is 0 Å². The highest BCUT2D eigenvalue weighted by atomic mass is 35.5. The fourth-order valence-corrected chi connectivity index (χ4v) is 1.53. The van der Waals surface area contributed by atoms with Gasteiger partial charge in [-0.25, -0.2) is 4.79 Å². The van der Waals surface area contributed by atoms with Gasteiger partial charge in [-0.3, -0.25) is 4.99 Å². The number of aliphatic imine (C=N–C) groups is 1. The van der Waals surface area contributed by atoms with Gasteiger partial charge in [0.05, 0.1) is 18.4 Å². The monoisotopic (exact) mass is 237 g/mol. The third-order valence-corrected chi connectivity index (χ3v) is 2.41. The summed E-state index contributed by atoms with van der Waals surface area (Å²) in [4.78, 5) is 15.3. The van der Waals surface area contributed by atoms with Gasteiger partial charge < -0.3 is 4.74 Å². The molecule has 1 rings (SSSR count). The summed E-state index contributed by atoms with van der Waals surface area (Å²) in [6.45, 7) is 8.85. The lowest BCUT2D eigenvalue weighted by molar-refractivity contribution is 0.0600. The van der Waals surface area contributed by atoms with Crippen molar-refractivity contribution in [3.8, 4) is 0 Å². The van der Waals surface area contributed by atoms with Crippen molar-refractivity contribution in [2.24, 2.45) is 4.99 Å². The van der Waals surface area contributed by atoms with Crippen molar-refractivity contribution in [1.82, 2.24) is 0 Å². The lowest BCUT2D eigenvalue weighted by atomic mass is 10.0. The maximum absolute atomic E-state index is 11.4. The molecule has 0 aliphatic heterocycles. The second kappa shape index (κ2) is 4.94. The quantitative estimate of drug-likeness (QED) is 0.598. The number of carbonyl (C=O) groups is 1. The van der Waals surface area contributed by atoms with Gasteiger partial charge in [0.2, 0.25) is 0 Å². The number of hydrogen-bond donors (Lipinski definition) is 0. The van der Waals surface area contributed by atoms with Gasteiger partial charge in [-0.15, -0.1) is 0 Å². The first-order chi connectivity index (χ1) is 7.51. The van der Waals surface area contributed by atoms with Crippen molar-refractivity contribution in [2.75, 3.05) is 7.11 Å². The van der Waals surface area contributed by atoms with Gasteiger partial charge in [0.1, 0.15) is 0 Å². The summed E-state index contributed by atoms with van der Waals surface area (Å²) in [7, 11) is 1.33. The third-order valence-electron chi connectivity index (χ3n) is 2.21. The Balaban J connectivity index is 3.42. The molecule has 16 heavy (non-hydrogen) atoms. The number of methoxy groups -OCH3 is 1. The van der Waals surface area contributed by atoms with Crippen LogP contribution in [-0.2, 0) is 4.74 Å².